The number of nitrogens with one attached hydrogen (secondary N) is 1. The maximum Gasteiger partial charge on any atom is 0.0743 e. The molecule has 112 valence electrons. The Morgan fingerprint density at radius 3 is 2.90 bits per heavy atom. The first-order valence-corrected chi connectivity index (χ1v) is 8.37. The average Bonchev–Trinajstić information content (AvgIpc) is 2.43. The molecule has 1 atom stereocenters. The maximum absolute atomic E-state index is 6.20. The summed E-state index contributed by atoms with van der Waals surface area (Å²) in [6.45, 7) is 4.69. The molecule has 1 aromatic heterocycles. The van der Waals surface area contributed by atoms with Gasteiger partial charge in [-0.15, -0.1) is 0 Å². The van der Waals surface area contributed by atoms with Gasteiger partial charge in [-0.25, -0.2) is 0 Å². The molecular weight excluding hydrogens is 326 g/mol. The van der Waals surface area contributed by atoms with Crippen LogP contribution < -0.4 is 11.1 Å². The Bertz CT molecular complexity index is 661. The first-order valence-electron chi connectivity index (χ1n) is 7.58. The van der Waals surface area contributed by atoms with Crippen LogP contribution in [0.15, 0.2) is 28.9 Å². The first-order chi connectivity index (χ1) is 9.97. The smallest absolute Gasteiger partial charge is 0.0743 e. The van der Waals surface area contributed by atoms with Crippen molar-refractivity contribution in [3.8, 4) is 0 Å². The Morgan fingerprint density at radius 2 is 2.14 bits per heavy atom. The molecule has 1 unspecified atom stereocenters. The highest BCUT2D eigenvalue weighted by Crippen LogP contribution is 2.39. The molecule has 1 aliphatic rings. The van der Waals surface area contributed by atoms with Gasteiger partial charge < -0.3 is 11.1 Å². The number of nitrogens with two attached hydrogens (primary N) is 1. The van der Waals surface area contributed by atoms with Gasteiger partial charge >= 0.3 is 0 Å². The predicted molar refractivity (Wildman–Crippen MR) is 93.5 cm³/mol. The third-order valence-corrected chi connectivity index (χ3v) is 5.18. The minimum Gasteiger partial charge on any atom is -0.396 e. The van der Waals surface area contributed by atoms with Gasteiger partial charge in [-0.1, -0.05) is 42.6 Å². The molecule has 4 heteroatoms. The lowest BCUT2D eigenvalue weighted by Gasteiger charge is -2.40. The van der Waals surface area contributed by atoms with Crippen molar-refractivity contribution >= 4 is 38.2 Å². The van der Waals surface area contributed by atoms with Gasteiger partial charge in [0.25, 0.3) is 0 Å². The molecule has 0 spiro atoms. The summed E-state index contributed by atoms with van der Waals surface area (Å²) in [4.78, 5) is 4.43. The van der Waals surface area contributed by atoms with E-state index in [1.807, 2.05) is 12.1 Å². The Labute approximate surface area is 134 Å². The third kappa shape index (κ3) is 2.86. The van der Waals surface area contributed by atoms with Gasteiger partial charge in [0.1, 0.15) is 0 Å². The van der Waals surface area contributed by atoms with E-state index in [1.54, 1.807) is 6.20 Å². The number of nitrogen functional groups attached to an aromatic ring is 1. The molecule has 2 aromatic rings. The second-order valence-electron chi connectivity index (χ2n) is 6.68. The van der Waals surface area contributed by atoms with Crippen LogP contribution in [0.2, 0.25) is 0 Å². The molecule has 1 heterocycles. The molecule has 0 saturated heterocycles. The summed E-state index contributed by atoms with van der Waals surface area (Å²) in [6, 6.07) is 6.59. The molecule has 1 aliphatic carbocycles. The van der Waals surface area contributed by atoms with Crippen molar-refractivity contribution in [3.63, 3.8) is 0 Å². The van der Waals surface area contributed by atoms with Gasteiger partial charge in [-0.2, -0.15) is 0 Å². The van der Waals surface area contributed by atoms with E-state index in [2.05, 4.69) is 46.1 Å². The van der Waals surface area contributed by atoms with Crippen molar-refractivity contribution in [1.82, 2.24) is 4.98 Å². The molecule has 21 heavy (non-hydrogen) atoms. The van der Waals surface area contributed by atoms with Crippen LogP contribution >= 0.6 is 15.9 Å². The van der Waals surface area contributed by atoms with Crippen molar-refractivity contribution in [2.45, 2.75) is 45.6 Å². The highest BCUT2D eigenvalue weighted by Gasteiger charge is 2.32. The maximum atomic E-state index is 6.20. The lowest BCUT2D eigenvalue weighted by Crippen LogP contribution is -2.39. The Hall–Kier alpha value is -1.29. The van der Waals surface area contributed by atoms with Crippen molar-refractivity contribution in [3.05, 3.63) is 28.9 Å². The normalized spacial score (nSPS) is 21.4. The lowest BCUT2D eigenvalue weighted by atomic mass is 9.73. The summed E-state index contributed by atoms with van der Waals surface area (Å²) in [7, 11) is 0. The molecule has 0 aliphatic heterocycles. The topological polar surface area (TPSA) is 50.9 Å². The minimum absolute atomic E-state index is 0.298. The fraction of sp³-hybridized carbons (Fsp3) is 0.471. The largest absolute Gasteiger partial charge is 0.396 e. The van der Waals surface area contributed by atoms with Crippen LogP contribution in [0.4, 0.5) is 11.4 Å². The van der Waals surface area contributed by atoms with E-state index >= 15 is 0 Å². The van der Waals surface area contributed by atoms with Crippen LogP contribution in [0.25, 0.3) is 10.9 Å². The van der Waals surface area contributed by atoms with E-state index < -0.39 is 0 Å². The summed E-state index contributed by atoms with van der Waals surface area (Å²) < 4.78 is 1.05. The second kappa shape index (κ2) is 5.48. The van der Waals surface area contributed by atoms with Gasteiger partial charge in [0.05, 0.1) is 23.1 Å². The van der Waals surface area contributed by atoms with Gasteiger partial charge in [0, 0.05) is 15.9 Å². The zero-order chi connectivity index (χ0) is 15.0. The molecule has 3 nitrogen and oxygen atoms in total. The summed E-state index contributed by atoms with van der Waals surface area (Å²) in [6.07, 6.45) is 6.83. The summed E-state index contributed by atoms with van der Waals surface area (Å²) in [5.74, 6) is 0. The number of nitrogens with zero attached hydrogens (tertiary/aromatic N) is 1. The molecule has 3 rings (SSSR count). The highest BCUT2D eigenvalue weighted by molar-refractivity contribution is 9.10. The molecular formula is C17H22BrN3. The SMILES string of the molecule is CC1(C)CCCCC1Nc1c(N)cnc2ccc(Br)cc12. The summed E-state index contributed by atoms with van der Waals surface area (Å²) in [5.41, 5.74) is 9.23. The molecule has 0 radical (unpaired) electrons. The Kier molecular flexibility index (Phi) is 3.82. The van der Waals surface area contributed by atoms with Crippen molar-refractivity contribution in [2.24, 2.45) is 5.41 Å². The number of benzene rings is 1. The number of hydrogen-bond donors (Lipinski definition) is 2. The third-order valence-electron chi connectivity index (χ3n) is 4.69. The number of anilines is 2. The molecule has 1 fully saturated rings. The van der Waals surface area contributed by atoms with Crippen LogP contribution in [-0.2, 0) is 0 Å². The van der Waals surface area contributed by atoms with E-state index in [9.17, 15) is 0 Å². The fourth-order valence-corrected chi connectivity index (χ4v) is 3.64. The van der Waals surface area contributed by atoms with Crippen LogP contribution in [0.3, 0.4) is 0 Å². The van der Waals surface area contributed by atoms with E-state index in [4.69, 9.17) is 5.73 Å². The summed E-state index contributed by atoms with van der Waals surface area (Å²) >= 11 is 3.54. The number of pyridine rings is 1. The second-order valence-corrected chi connectivity index (χ2v) is 7.60. The van der Waals surface area contributed by atoms with Crippen LogP contribution in [0.5, 0.6) is 0 Å². The van der Waals surface area contributed by atoms with E-state index in [0.717, 1.165) is 26.8 Å². The zero-order valence-corrected chi connectivity index (χ0v) is 14.2. The van der Waals surface area contributed by atoms with E-state index in [-0.39, 0.29) is 0 Å². The van der Waals surface area contributed by atoms with Crippen molar-refractivity contribution < 1.29 is 0 Å². The molecule has 1 aromatic carbocycles. The van der Waals surface area contributed by atoms with Crippen LogP contribution in [0.1, 0.15) is 39.5 Å². The Balaban J connectivity index is 2.03. The summed E-state index contributed by atoms with van der Waals surface area (Å²) in [5, 5.41) is 4.81. The molecule has 0 bridgehead atoms. The number of hydrogen-bond acceptors (Lipinski definition) is 3. The number of halogens is 1. The highest BCUT2D eigenvalue weighted by atomic mass is 79.9. The quantitative estimate of drug-likeness (QED) is 0.806. The Morgan fingerprint density at radius 1 is 1.33 bits per heavy atom. The van der Waals surface area contributed by atoms with Gasteiger partial charge in [-0.3, -0.25) is 4.98 Å². The van der Waals surface area contributed by atoms with Gasteiger partial charge in [0.2, 0.25) is 0 Å². The first kappa shape index (κ1) is 14.6. The van der Waals surface area contributed by atoms with E-state index in [1.165, 1.54) is 25.7 Å². The molecule has 3 N–H and O–H groups in total. The van der Waals surface area contributed by atoms with Crippen LogP contribution in [-0.4, -0.2) is 11.0 Å². The van der Waals surface area contributed by atoms with Crippen molar-refractivity contribution in [2.75, 3.05) is 11.1 Å². The monoisotopic (exact) mass is 347 g/mol. The average molecular weight is 348 g/mol. The molecule has 1 saturated carbocycles. The molecule has 0 amide bonds. The van der Waals surface area contributed by atoms with Crippen LogP contribution in [0, 0.1) is 5.41 Å². The predicted octanol–water partition coefficient (Wildman–Crippen LogP) is 4.96. The number of rotatable bonds is 2. The minimum atomic E-state index is 0.298. The number of fused-ring (bicyclic) bond motifs is 1. The van der Waals surface area contributed by atoms with Gasteiger partial charge in [0.15, 0.2) is 0 Å². The van der Waals surface area contributed by atoms with Gasteiger partial charge in [-0.05, 0) is 36.5 Å². The number of aromatic nitrogens is 1. The fourth-order valence-electron chi connectivity index (χ4n) is 3.28. The zero-order valence-electron chi connectivity index (χ0n) is 12.6. The van der Waals surface area contributed by atoms with Crippen molar-refractivity contribution in [1.29, 1.82) is 0 Å². The standard InChI is InChI=1S/C17H22BrN3/c1-17(2)8-4-3-5-15(17)21-16-12-9-11(18)6-7-14(12)20-10-13(16)19/h6-7,9-10,15H,3-5,8,19H2,1-2H3,(H,20,21). The van der Waals surface area contributed by atoms with E-state index in [0.29, 0.717) is 11.5 Å². The lowest BCUT2D eigenvalue weighted by molar-refractivity contribution is 0.217.